The zero-order valence-electron chi connectivity index (χ0n) is 12.1. The van der Waals surface area contributed by atoms with E-state index in [4.69, 9.17) is 9.47 Å². The lowest BCUT2D eigenvalue weighted by atomic mass is 9.72. The van der Waals surface area contributed by atoms with E-state index < -0.39 is 5.60 Å². The average molecular weight is 271 g/mol. The second kappa shape index (κ2) is 5.29. The Hall–Kier alpha value is -0.810. The van der Waals surface area contributed by atoms with Gasteiger partial charge in [0.25, 0.3) is 0 Å². The summed E-state index contributed by atoms with van der Waals surface area (Å²) in [5, 5.41) is 9.60. The molecule has 1 N–H and O–H groups in total. The van der Waals surface area contributed by atoms with Crippen LogP contribution in [0.2, 0.25) is 0 Å². The summed E-state index contributed by atoms with van der Waals surface area (Å²) in [4.78, 5) is 13.9. The maximum absolute atomic E-state index is 12.1. The van der Waals surface area contributed by atoms with E-state index in [9.17, 15) is 9.90 Å². The molecule has 0 aromatic carbocycles. The first kappa shape index (κ1) is 14.6. The van der Waals surface area contributed by atoms with Crippen LogP contribution >= 0.6 is 0 Å². The van der Waals surface area contributed by atoms with Gasteiger partial charge < -0.3 is 19.5 Å². The summed E-state index contributed by atoms with van der Waals surface area (Å²) in [6, 6.07) is 0. The zero-order chi connectivity index (χ0) is 14.1. The molecule has 0 aromatic rings. The molecule has 5 heteroatoms. The van der Waals surface area contributed by atoms with Gasteiger partial charge in [-0.2, -0.15) is 0 Å². The number of hydrogen-bond acceptors (Lipinski definition) is 4. The highest BCUT2D eigenvalue weighted by molar-refractivity contribution is 5.68. The lowest BCUT2D eigenvalue weighted by molar-refractivity contribution is -0.0135. The van der Waals surface area contributed by atoms with Crippen LogP contribution in [-0.4, -0.2) is 54.6 Å². The molecule has 110 valence electrons. The molecule has 1 unspecified atom stereocenters. The molecule has 2 saturated heterocycles. The van der Waals surface area contributed by atoms with Crippen LogP contribution in [0.4, 0.5) is 4.79 Å². The number of carbonyl (C=O) groups excluding carboxylic acids is 1. The maximum atomic E-state index is 12.1. The predicted octanol–water partition coefficient (Wildman–Crippen LogP) is 1.64. The van der Waals surface area contributed by atoms with Gasteiger partial charge in [-0.25, -0.2) is 4.79 Å². The largest absolute Gasteiger partial charge is 0.444 e. The number of carbonyl (C=O) groups is 1. The Morgan fingerprint density at radius 1 is 1.42 bits per heavy atom. The van der Waals surface area contributed by atoms with Crippen molar-refractivity contribution in [2.45, 2.75) is 39.2 Å². The number of likely N-dealkylation sites (tertiary alicyclic amines) is 1. The summed E-state index contributed by atoms with van der Waals surface area (Å²) in [6.45, 7) is 8.44. The highest BCUT2D eigenvalue weighted by Crippen LogP contribution is 2.44. The lowest BCUT2D eigenvalue weighted by Crippen LogP contribution is -2.39. The number of nitrogens with zero attached hydrogens (tertiary/aromatic N) is 1. The SMILES string of the molecule is CC(C)(C)OC(=O)N1CC(CO)C2(CCOCC2)C1. The summed E-state index contributed by atoms with van der Waals surface area (Å²) in [7, 11) is 0. The Labute approximate surface area is 114 Å². The molecule has 19 heavy (non-hydrogen) atoms. The van der Waals surface area contributed by atoms with Crippen molar-refractivity contribution < 1.29 is 19.4 Å². The van der Waals surface area contributed by atoms with Crippen molar-refractivity contribution in [3.8, 4) is 0 Å². The van der Waals surface area contributed by atoms with Crippen molar-refractivity contribution in [1.82, 2.24) is 4.90 Å². The van der Waals surface area contributed by atoms with Crippen molar-refractivity contribution in [3.05, 3.63) is 0 Å². The molecule has 0 radical (unpaired) electrons. The highest BCUT2D eigenvalue weighted by Gasteiger charge is 2.48. The van der Waals surface area contributed by atoms with E-state index in [2.05, 4.69) is 0 Å². The Balaban J connectivity index is 2.04. The first-order chi connectivity index (χ1) is 8.86. The minimum atomic E-state index is -0.475. The van der Waals surface area contributed by atoms with Gasteiger partial charge in [-0.3, -0.25) is 0 Å². The van der Waals surface area contributed by atoms with Crippen LogP contribution in [0.5, 0.6) is 0 Å². The Bertz CT molecular complexity index is 331. The van der Waals surface area contributed by atoms with Crippen molar-refractivity contribution in [3.63, 3.8) is 0 Å². The van der Waals surface area contributed by atoms with Crippen LogP contribution in [0.3, 0.4) is 0 Å². The minimum Gasteiger partial charge on any atom is -0.444 e. The topological polar surface area (TPSA) is 59.0 Å². The summed E-state index contributed by atoms with van der Waals surface area (Å²) in [5.74, 6) is 0.143. The number of rotatable bonds is 1. The van der Waals surface area contributed by atoms with Crippen LogP contribution in [0.15, 0.2) is 0 Å². The third kappa shape index (κ3) is 3.20. The van der Waals surface area contributed by atoms with Gasteiger partial charge in [-0.05, 0) is 39.0 Å². The standard InChI is InChI=1S/C14H25NO4/c1-13(2,3)19-12(17)15-8-11(9-16)14(10-15)4-6-18-7-5-14/h11,16H,4-10H2,1-3H3. The Morgan fingerprint density at radius 3 is 2.58 bits per heavy atom. The van der Waals surface area contributed by atoms with E-state index in [-0.39, 0.29) is 24.0 Å². The van der Waals surface area contributed by atoms with Gasteiger partial charge in [0.15, 0.2) is 0 Å². The number of aliphatic hydroxyl groups is 1. The molecule has 0 saturated carbocycles. The molecule has 2 aliphatic rings. The van der Waals surface area contributed by atoms with Crippen molar-refractivity contribution in [2.24, 2.45) is 11.3 Å². The lowest BCUT2D eigenvalue weighted by Gasteiger charge is -2.37. The molecule has 2 heterocycles. The number of aliphatic hydroxyl groups excluding tert-OH is 1. The second-order valence-electron chi connectivity index (χ2n) is 6.72. The van der Waals surface area contributed by atoms with Crippen LogP contribution in [0.1, 0.15) is 33.6 Å². The fraction of sp³-hybridized carbons (Fsp3) is 0.929. The summed E-state index contributed by atoms with van der Waals surface area (Å²) in [5.41, 5.74) is -0.457. The summed E-state index contributed by atoms with van der Waals surface area (Å²) in [6.07, 6.45) is 1.56. The third-order valence-corrected chi connectivity index (χ3v) is 4.17. The van der Waals surface area contributed by atoms with Gasteiger partial charge in [0.2, 0.25) is 0 Å². The summed E-state index contributed by atoms with van der Waals surface area (Å²) < 4.78 is 10.8. The van der Waals surface area contributed by atoms with Gasteiger partial charge >= 0.3 is 6.09 Å². The van der Waals surface area contributed by atoms with Gasteiger partial charge in [0, 0.05) is 38.8 Å². The predicted molar refractivity (Wildman–Crippen MR) is 70.9 cm³/mol. The van der Waals surface area contributed by atoms with Crippen molar-refractivity contribution in [1.29, 1.82) is 0 Å². The Kier molecular flexibility index (Phi) is 4.06. The first-order valence-electron chi connectivity index (χ1n) is 7.03. The van der Waals surface area contributed by atoms with E-state index in [1.165, 1.54) is 0 Å². The van der Waals surface area contributed by atoms with E-state index >= 15 is 0 Å². The quantitative estimate of drug-likeness (QED) is 0.787. The normalized spacial score (nSPS) is 26.7. The van der Waals surface area contributed by atoms with Crippen LogP contribution in [0.25, 0.3) is 0 Å². The Morgan fingerprint density at radius 2 is 2.05 bits per heavy atom. The molecule has 1 atom stereocenters. The molecule has 1 spiro atoms. The molecule has 2 fully saturated rings. The number of hydrogen-bond donors (Lipinski definition) is 1. The average Bonchev–Trinajstić information content (AvgIpc) is 2.67. The van der Waals surface area contributed by atoms with E-state index in [0.29, 0.717) is 13.1 Å². The molecular formula is C14H25NO4. The fourth-order valence-electron chi connectivity index (χ4n) is 3.09. The highest BCUT2D eigenvalue weighted by atomic mass is 16.6. The van der Waals surface area contributed by atoms with E-state index in [0.717, 1.165) is 26.1 Å². The molecule has 5 nitrogen and oxygen atoms in total. The number of amides is 1. The molecule has 2 aliphatic heterocycles. The van der Waals surface area contributed by atoms with Gasteiger partial charge in [0.1, 0.15) is 5.60 Å². The molecule has 0 aliphatic carbocycles. The van der Waals surface area contributed by atoms with Gasteiger partial charge in [0.05, 0.1) is 0 Å². The smallest absolute Gasteiger partial charge is 0.410 e. The zero-order valence-corrected chi connectivity index (χ0v) is 12.1. The molecule has 0 aromatic heterocycles. The van der Waals surface area contributed by atoms with Gasteiger partial charge in [-0.15, -0.1) is 0 Å². The van der Waals surface area contributed by atoms with E-state index in [1.54, 1.807) is 4.90 Å². The molecular weight excluding hydrogens is 246 g/mol. The molecule has 2 rings (SSSR count). The molecule has 0 bridgehead atoms. The summed E-state index contributed by atoms with van der Waals surface area (Å²) >= 11 is 0. The number of ether oxygens (including phenoxy) is 2. The van der Waals surface area contributed by atoms with Crippen molar-refractivity contribution >= 4 is 6.09 Å². The van der Waals surface area contributed by atoms with Crippen LogP contribution in [0, 0.1) is 11.3 Å². The first-order valence-corrected chi connectivity index (χ1v) is 7.03. The fourth-order valence-corrected chi connectivity index (χ4v) is 3.09. The van der Waals surface area contributed by atoms with Crippen molar-refractivity contribution in [2.75, 3.05) is 32.9 Å². The third-order valence-electron chi connectivity index (χ3n) is 4.17. The van der Waals surface area contributed by atoms with Crippen LogP contribution < -0.4 is 0 Å². The molecule has 1 amide bonds. The van der Waals surface area contributed by atoms with E-state index in [1.807, 2.05) is 20.8 Å². The monoisotopic (exact) mass is 271 g/mol. The van der Waals surface area contributed by atoms with Gasteiger partial charge in [-0.1, -0.05) is 0 Å². The van der Waals surface area contributed by atoms with Crippen LogP contribution in [-0.2, 0) is 9.47 Å². The maximum Gasteiger partial charge on any atom is 0.410 e. The second-order valence-corrected chi connectivity index (χ2v) is 6.72. The minimum absolute atomic E-state index is 0.0178.